The quantitative estimate of drug-likeness (QED) is 0.0559. The predicted octanol–water partition coefficient (Wildman–Crippen LogP) is 7.26. The number of nitrogens with zero attached hydrogens (tertiary/aromatic N) is 3. The van der Waals surface area contributed by atoms with Crippen molar-refractivity contribution in [1.29, 1.82) is 5.41 Å². The lowest BCUT2D eigenvalue weighted by Crippen LogP contribution is -2.31. The van der Waals surface area contributed by atoms with Gasteiger partial charge in [-0.25, -0.2) is 0 Å². The minimum atomic E-state index is -4.38. The number of rotatable bonds is 14. The molecule has 0 radical (unpaired) electrons. The molecule has 0 spiro atoms. The summed E-state index contributed by atoms with van der Waals surface area (Å²) < 4.78 is 85.7. The highest BCUT2D eigenvalue weighted by Crippen LogP contribution is 2.33. The monoisotopic (exact) mass is 821 g/mol. The Labute approximate surface area is 323 Å². The molecule has 0 amide bonds. The molecule has 54 heavy (non-hydrogen) atoms. The van der Waals surface area contributed by atoms with Crippen LogP contribution in [0.1, 0.15) is 37.8 Å². The third-order valence-corrected chi connectivity index (χ3v) is 9.96. The van der Waals surface area contributed by atoms with E-state index in [1.165, 1.54) is 74.9 Å². The third kappa shape index (κ3) is 10.9. The average Bonchev–Trinajstić information content (AvgIpc) is 3.09. The predicted molar refractivity (Wildman–Crippen MR) is 204 cm³/mol. The fourth-order valence-electron chi connectivity index (χ4n) is 4.62. The van der Waals surface area contributed by atoms with E-state index >= 15 is 0 Å². The highest BCUT2D eigenvalue weighted by molar-refractivity contribution is 7.87. The first-order valence-corrected chi connectivity index (χ1v) is 19.5. The number of nitrogens with two attached hydrogens (primary N) is 1. The van der Waals surface area contributed by atoms with Crippen LogP contribution in [0.15, 0.2) is 92.8 Å². The smallest absolute Gasteiger partial charge is 0.342 e. The molecular formula is C35H37Cl2N5O10S2. The van der Waals surface area contributed by atoms with Gasteiger partial charge in [-0.2, -0.15) is 16.8 Å². The van der Waals surface area contributed by atoms with Gasteiger partial charge in [-0.1, -0.05) is 37.0 Å². The van der Waals surface area contributed by atoms with Gasteiger partial charge in [0.1, 0.15) is 44.3 Å². The van der Waals surface area contributed by atoms with Crippen LogP contribution >= 0.6 is 23.2 Å². The molecule has 4 aromatic carbocycles. The molecule has 0 bridgehead atoms. The summed E-state index contributed by atoms with van der Waals surface area (Å²) in [4.78, 5) is -0.530. The Bertz CT molecular complexity index is 2170. The largest absolute Gasteiger partial charge is 0.495 e. The van der Waals surface area contributed by atoms with Crippen LogP contribution in [0.2, 0.25) is 10.0 Å². The molecule has 3 N–H and O–H groups in total. The van der Waals surface area contributed by atoms with Gasteiger partial charge in [0.25, 0.3) is 0 Å². The molecule has 0 heterocycles. The fraction of sp³-hybridized carbons (Fsp3) is 0.229. The normalized spacial score (nSPS) is 12.1. The van der Waals surface area contributed by atoms with Gasteiger partial charge >= 0.3 is 20.2 Å². The van der Waals surface area contributed by atoms with E-state index in [1.807, 2.05) is 0 Å². The second kappa shape index (κ2) is 17.7. The highest BCUT2D eigenvalue weighted by atomic mass is 35.5. The van der Waals surface area contributed by atoms with Crippen molar-refractivity contribution in [2.24, 2.45) is 15.9 Å². The van der Waals surface area contributed by atoms with E-state index in [-0.39, 0.29) is 79.0 Å². The van der Waals surface area contributed by atoms with Crippen molar-refractivity contribution < 1.29 is 44.1 Å². The van der Waals surface area contributed by atoms with Crippen molar-refractivity contribution in [2.45, 2.75) is 50.3 Å². The number of hydrogen-bond acceptors (Lipinski definition) is 13. The summed E-state index contributed by atoms with van der Waals surface area (Å²) in [6.07, 6.45) is 0.377. The molecular weight excluding hydrogens is 785 g/mol. The van der Waals surface area contributed by atoms with E-state index < -0.39 is 26.2 Å². The van der Waals surface area contributed by atoms with Crippen LogP contribution in [-0.2, 0) is 20.2 Å². The van der Waals surface area contributed by atoms with Gasteiger partial charge in [-0.15, -0.1) is 15.3 Å². The van der Waals surface area contributed by atoms with Crippen molar-refractivity contribution in [3.63, 3.8) is 0 Å². The maximum absolute atomic E-state index is 13.2. The molecule has 0 aromatic heterocycles. The van der Waals surface area contributed by atoms with Crippen LogP contribution in [0.25, 0.3) is 0 Å². The Balaban J connectivity index is 1.58. The van der Waals surface area contributed by atoms with Gasteiger partial charge in [-0.3, -0.25) is 5.41 Å². The summed E-state index contributed by atoms with van der Waals surface area (Å²) in [5.41, 5.74) is 7.00. The minimum absolute atomic E-state index is 0.0354. The van der Waals surface area contributed by atoms with Gasteiger partial charge in [0.15, 0.2) is 0 Å². The zero-order valence-corrected chi connectivity index (χ0v) is 33.1. The molecule has 0 saturated carbocycles. The number of benzene rings is 4. The summed E-state index contributed by atoms with van der Waals surface area (Å²) >= 11 is 12.1. The Morgan fingerprint density at radius 2 is 1.04 bits per heavy atom. The maximum atomic E-state index is 13.2. The minimum Gasteiger partial charge on any atom is -0.495 e. The van der Waals surface area contributed by atoms with Gasteiger partial charge in [0.05, 0.1) is 14.2 Å². The standard InChI is InChI=1S/C35H37Cl2N5O10S2/c1-7-33(49-25-13-21(3)15-27(19-25)51-53(43,44)31-17-23(36)9-11-29(31)47-5)40-42(35(38)39)41-34(8-2)50-26-14-22(4)16-28(20-26)52-54(45,46)32-18-24(37)10-12-30(32)48-6/h9-20H,7-8H2,1-6H3,(H3,38,39). The number of aryl methyl sites for hydroxylation is 2. The zero-order valence-electron chi connectivity index (χ0n) is 29.9. The SMILES string of the molecule is CCC(=NN(N=C(CC)Oc1cc(C)cc(OS(=O)(=O)c2cc(Cl)ccc2OC)c1)C(=N)N)Oc1cc(C)cc(OS(=O)(=O)c2cc(Cl)ccc2OC)c1. The number of guanidine groups is 1. The van der Waals surface area contributed by atoms with Crippen LogP contribution in [-0.4, -0.2) is 53.9 Å². The number of hydrazone groups is 2. The Morgan fingerprint density at radius 1 is 0.667 bits per heavy atom. The summed E-state index contributed by atoms with van der Waals surface area (Å²) in [7, 11) is -6.11. The maximum Gasteiger partial charge on any atom is 0.342 e. The number of methoxy groups -OCH3 is 2. The van der Waals surface area contributed by atoms with Gasteiger partial charge in [0, 0.05) is 35.0 Å². The zero-order chi connectivity index (χ0) is 39.8. The third-order valence-electron chi connectivity index (χ3n) is 6.95. The first-order chi connectivity index (χ1) is 25.5. The first-order valence-electron chi connectivity index (χ1n) is 15.9. The van der Waals surface area contributed by atoms with E-state index in [0.717, 1.165) is 5.12 Å². The average molecular weight is 823 g/mol. The number of halogens is 2. The number of hydrogen-bond donors (Lipinski definition) is 2. The molecule has 19 heteroatoms. The van der Waals surface area contributed by atoms with Crippen molar-refractivity contribution in [3.05, 3.63) is 94.0 Å². The van der Waals surface area contributed by atoms with Crippen LogP contribution < -0.4 is 33.0 Å². The molecule has 4 aromatic rings. The van der Waals surface area contributed by atoms with Crippen molar-refractivity contribution in [3.8, 4) is 34.5 Å². The number of ether oxygens (including phenoxy) is 4. The Morgan fingerprint density at radius 3 is 1.37 bits per heavy atom. The molecule has 288 valence electrons. The van der Waals surface area contributed by atoms with Crippen LogP contribution in [0, 0.1) is 19.3 Å². The molecule has 0 unspecified atom stereocenters. The van der Waals surface area contributed by atoms with Crippen LogP contribution in [0.3, 0.4) is 0 Å². The summed E-state index contributed by atoms with van der Waals surface area (Å²) in [5.74, 6) is -0.235. The van der Waals surface area contributed by atoms with Gasteiger partial charge in [0.2, 0.25) is 17.8 Å². The molecule has 0 fully saturated rings. The van der Waals surface area contributed by atoms with Crippen LogP contribution in [0.4, 0.5) is 0 Å². The molecule has 0 atom stereocenters. The molecule has 4 rings (SSSR count). The Kier molecular flexibility index (Phi) is 13.6. The van der Waals surface area contributed by atoms with Crippen LogP contribution in [0.5, 0.6) is 34.5 Å². The lowest BCUT2D eigenvalue weighted by molar-refractivity contribution is 0.397. The summed E-state index contributed by atoms with van der Waals surface area (Å²) in [6.45, 7) is 6.86. The first kappa shape index (κ1) is 41.5. The number of nitrogens with one attached hydrogen (secondary N) is 1. The van der Waals surface area contributed by atoms with Gasteiger partial charge < -0.3 is 33.0 Å². The topological polar surface area (TPSA) is 201 Å². The lowest BCUT2D eigenvalue weighted by atomic mass is 10.2. The van der Waals surface area contributed by atoms with Gasteiger partial charge in [-0.05, 0) is 85.6 Å². The molecule has 0 aliphatic rings. The van der Waals surface area contributed by atoms with E-state index in [2.05, 4.69) is 10.2 Å². The summed E-state index contributed by atoms with van der Waals surface area (Å²) in [5, 5.41) is 17.8. The van der Waals surface area contributed by atoms with Crippen molar-refractivity contribution >= 4 is 61.2 Å². The second-order valence-electron chi connectivity index (χ2n) is 11.2. The second-order valence-corrected chi connectivity index (χ2v) is 15.1. The highest BCUT2D eigenvalue weighted by Gasteiger charge is 2.25. The van der Waals surface area contributed by atoms with Crippen molar-refractivity contribution in [2.75, 3.05) is 14.2 Å². The molecule has 0 saturated heterocycles. The van der Waals surface area contributed by atoms with E-state index in [4.69, 9.17) is 61.7 Å². The fourth-order valence-corrected chi connectivity index (χ4v) is 7.31. The Hall–Kier alpha value is -5.23. The van der Waals surface area contributed by atoms with E-state index in [1.54, 1.807) is 39.8 Å². The molecule has 15 nitrogen and oxygen atoms in total. The summed E-state index contributed by atoms with van der Waals surface area (Å²) in [6, 6.07) is 17.1. The van der Waals surface area contributed by atoms with Crippen molar-refractivity contribution in [1.82, 2.24) is 5.12 Å². The molecule has 0 aliphatic heterocycles. The lowest BCUT2D eigenvalue weighted by Gasteiger charge is -2.17. The van der Waals surface area contributed by atoms with E-state index in [9.17, 15) is 16.8 Å². The van der Waals surface area contributed by atoms with E-state index in [0.29, 0.717) is 11.1 Å². The molecule has 0 aliphatic carbocycles.